The molecule has 0 saturated heterocycles. The maximum absolute atomic E-state index is 12.4. The van der Waals surface area contributed by atoms with E-state index in [4.69, 9.17) is 11.6 Å². The highest BCUT2D eigenvalue weighted by atomic mass is 35.5. The Hall–Kier alpha value is -2.05. The van der Waals surface area contributed by atoms with Gasteiger partial charge >= 0.3 is 0 Å². The van der Waals surface area contributed by atoms with Crippen LogP contribution in [0.25, 0.3) is 0 Å². The van der Waals surface area contributed by atoms with E-state index >= 15 is 0 Å². The van der Waals surface area contributed by atoms with Gasteiger partial charge in [-0.2, -0.15) is 0 Å². The average Bonchev–Trinajstić information content (AvgIpc) is 2.49. The first-order valence-corrected chi connectivity index (χ1v) is 8.87. The monoisotopic (exact) mass is 352 g/mol. The third-order valence-corrected chi connectivity index (χ3v) is 4.88. The molecule has 23 heavy (non-hydrogen) atoms. The lowest BCUT2D eigenvalue weighted by molar-refractivity contribution is -0.114. The van der Waals surface area contributed by atoms with Crippen molar-refractivity contribution in [3.63, 3.8) is 0 Å². The fourth-order valence-electron chi connectivity index (χ4n) is 1.99. The van der Waals surface area contributed by atoms with E-state index in [1.54, 1.807) is 30.3 Å². The van der Waals surface area contributed by atoms with E-state index in [9.17, 15) is 13.2 Å². The molecule has 122 valence electrons. The Bertz CT molecular complexity index is 818. The van der Waals surface area contributed by atoms with Crippen molar-refractivity contribution in [2.24, 2.45) is 0 Å². The standard InChI is InChI=1S/C16H17ClN2O3S/c1-3-12-4-7-14(8-5-12)23(21,22)19-13-6-9-16(15(17)10-13)18-11(2)20/h4-10,19H,3H2,1-2H3,(H,18,20). The van der Waals surface area contributed by atoms with Gasteiger partial charge in [-0.3, -0.25) is 9.52 Å². The summed E-state index contributed by atoms with van der Waals surface area (Å²) in [4.78, 5) is 11.2. The molecule has 2 aromatic carbocycles. The van der Waals surface area contributed by atoms with Crippen LogP contribution in [0.1, 0.15) is 19.4 Å². The van der Waals surface area contributed by atoms with E-state index in [1.807, 2.05) is 6.92 Å². The number of carbonyl (C=O) groups is 1. The number of amides is 1. The van der Waals surface area contributed by atoms with Crippen molar-refractivity contribution in [1.29, 1.82) is 0 Å². The molecule has 0 radical (unpaired) electrons. The molecule has 0 fully saturated rings. The van der Waals surface area contributed by atoms with Crippen LogP contribution < -0.4 is 10.0 Å². The fourth-order valence-corrected chi connectivity index (χ4v) is 3.27. The topological polar surface area (TPSA) is 75.3 Å². The van der Waals surface area contributed by atoms with Crippen molar-refractivity contribution in [1.82, 2.24) is 0 Å². The number of benzene rings is 2. The van der Waals surface area contributed by atoms with E-state index < -0.39 is 10.0 Å². The number of anilines is 2. The van der Waals surface area contributed by atoms with Gasteiger partial charge < -0.3 is 5.32 Å². The minimum Gasteiger partial charge on any atom is -0.325 e. The Morgan fingerprint density at radius 1 is 1.13 bits per heavy atom. The first-order chi connectivity index (χ1) is 10.8. The second kappa shape index (κ2) is 7.02. The predicted octanol–water partition coefficient (Wildman–Crippen LogP) is 3.66. The molecule has 0 heterocycles. The molecule has 7 heteroatoms. The molecule has 0 saturated carbocycles. The summed E-state index contributed by atoms with van der Waals surface area (Å²) in [6, 6.07) is 11.2. The Balaban J connectivity index is 2.22. The molecule has 0 aliphatic carbocycles. The minimum absolute atomic E-state index is 0.178. The van der Waals surface area contributed by atoms with Crippen LogP contribution in [0.3, 0.4) is 0 Å². The molecule has 0 bridgehead atoms. The highest BCUT2D eigenvalue weighted by Gasteiger charge is 2.15. The van der Waals surface area contributed by atoms with Gasteiger partial charge in [0.15, 0.2) is 0 Å². The van der Waals surface area contributed by atoms with E-state index in [0.717, 1.165) is 12.0 Å². The normalized spacial score (nSPS) is 11.1. The molecule has 2 aromatic rings. The zero-order valence-corrected chi connectivity index (χ0v) is 14.3. The van der Waals surface area contributed by atoms with Gasteiger partial charge in [0.05, 0.1) is 21.3 Å². The molecule has 0 aliphatic heterocycles. The van der Waals surface area contributed by atoms with Crippen LogP contribution in [0.5, 0.6) is 0 Å². The van der Waals surface area contributed by atoms with Gasteiger partial charge in [-0.15, -0.1) is 0 Å². The number of carbonyl (C=O) groups excluding carboxylic acids is 1. The lowest BCUT2D eigenvalue weighted by atomic mass is 10.2. The van der Waals surface area contributed by atoms with E-state index in [-0.39, 0.29) is 15.8 Å². The van der Waals surface area contributed by atoms with Crippen LogP contribution in [0.2, 0.25) is 5.02 Å². The van der Waals surface area contributed by atoms with Crippen molar-refractivity contribution in [2.45, 2.75) is 25.2 Å². The van der Waals surface area contributed by atoms with Crippen LogP contribution in [-0.4, -0.2) is 14.3 Å². The third kappa shape index (κ3) is 4.46. The van der Waals surface area contributed by atoms with Gasteiger partial charge in [0.25, 0.3) is 10.0 Å². The van der Waals surface area contributed by atoms with Crippen LogP contribution >= 0.6 is 11.6 Å². The molecule has 0 aliphatic rings. The quantitative estimate of drug-likeness (QED) is 0.862. The maximum Gasteiger partial charge on any atom is 0.261 e. The Morgan fingerprint density at radius 3 is 2.30 bits per heavy atom. The summed E-state index contributed by atoms with van der Waals surface area (Å²) in [5.74, 6) is -0.253. The van der Waals surface area contributed by atoms with Crippen molar-refractivity contribution < 1.29 is 13.2 Å². The lowest BCUT2D eigenvalue weighted by Crippen LogP contribution is -2.13. The second-order valence-electron chi connectivity index (χ2n) is 4.98. The molecule has 0 aromatic heterocycles. The van der Waals surface area contributed by atoms with Crippen LogP contribution in [-0.2, 0) is 21.2 Å². The SMILES string of the molecule is CCc1ccc(S(=O)(=O)Nc2ccc(NC(C)=O)c(Cl)c2)cc1. The number of halogens is 1. The van der Waals surface area contributed by atoms with Crippen molar-refractivity contribution in [2.75, 3.05) is 10.0 Å². The molecular weight excluding hydrogens is 336 g/mol. The largest absolute Gasteiger partial charge is 0.325 e. The fraction of sp³-hybridized carbons (Fsp3) is 0.188. The molecule has 1 amide bonds. The van der Waals surface area contributed by atoms with Gasteiger partial charge in [-0.05, 0) is 42.3 Å². The minimum atomic E-state index is -3.69. The molecule has 2 rings (SSSR count). The summed E-state index contributed by atoms with van der Waals surface area (Å²) in [7, 11) is -3.69. The number of hydrogen-bond donors (Lipinski definition) is 2. The lowest BCUT2D eigenvalue weighted by Gasteiger charge is -2.11. The predicted molar refractivity (Wildman–Crippen MR) is 92.4 cm³/mol. The van der Waals surface area contributed by atoms with Gasteiger partial charge in [0.1, 0.15) is 0 Å². The van der Waals surface area contributed by atoms with Crippen LogP contribution in [0.4, 0.5) is 11.4 Å². The zero-order chi connectivity index (χ0) is 17.0. The van der Waals surface area contributed by atoms with Crippen molar-refractivity contribution in [3.8, 4) is 0 Å². The highest BCUT2D eigenvalue weighted by molar-refractivity contribution is 7.92. The van der Waals surface area contributed by atoms with Gasteiger partial charge in [-0.25, -0.2) is 8.42 Å². The van der Waals surface area contributed by atoms with Gasteiger partial charge in [0, 0.05) is 6.92 Å². The van der Waals surface area contributed by atoms with Crippen LogP contribution in [0.15, 0.2) is 47.4 Å². The molecule has 0 spiro atoms. The smallest absolute Gasteiger partial charge is 0.261 e. The average molecular weight is 353 g/mol. The Morgan fingerprint density at radius 2 is 1.78 bits per heavy atom. The van der Waals surface area contributed by atoms with Gasteiger partial charge in [0.2, 0.25) is 5.91 Å². The number of rotatable bonds is 5. The van der Waals surface area contributed by atoms with Crippen LogP contribution in [0, 0.1) is 0 Å². The third-order valence-electron chi connectivity index (χ3n) is 3.17. The maximum atomic E-state index is 12.4. The second-order valence-corrected chi connectivity index (χ2v) is 7.07. The summed E-state index contributed by atoms with van der Waals surface area (Å²) >= 11 is 6.04. The molecule has 0 unspecified atom stereocenters. The van der Waals surface area contributed by atoms with E-state index in [1.165, 1.54) is 19.1 Å². The van der Waals surface area contributed by atoms with Crippen molar-refractivity contribution in [3.05, 3.63) is 53.1 Å². The molecule has 0 atom stereocenters. The molecule has 5 nitrogen and oxygen atoms in total. The Labute approximate surface area is 140 Å². The number of nitrogens with one attached hydrogen (secondary N) is 2. The number of sulfonamides is 1. The highest BCUT2D eigenvalue weighted by Crippen LogP contribution is 2.27. The Kier molecular flexibility index (Phi) is 5.28. The zero-order valence-electron chi connectivity index (χ0n) is 12.8. The molecular formula is C16H17ClN2O3S. The summed E-state index contributed by atoms with van der Waals surface area (Å²) in [5.41, 5.74) is 1.81. The summed E-state index contributed by atoms with van der Waals surface area (Å²) in [6.07, 6.45) is 0.841. The first kappa shape index (κ1) is 17.3. The van der Waals surface area contributed by atoms with Crippen molar-refractivity contribution >= 4 is 38.9 Å². The summed E-state index contributed by atoms with van der Waals surface area (Å²) in [5, 5.41) is 2.81. The molecule has 2 N–H and O–H groups in total. The first-order valence-electron chi connectivity index (χ1n) is 7.00. The number of hydrogen-bond acceptors (Lipinski definition) is 3. The van der Waals surface area contributed by atoms with E-state index in [2.05, 4.69) is 10.0 Å². The van der Waals surface area contributed by atoms with Gasteiger partial charge in [-0.1, -0.05) is 30.7 Å². The number of aryl methyl sites for hydroxylation is 1. The summed E-state index contributed by atoms with van der Waals surface area (Å²) < 4.78 is 27.2. The van der Waals surface area contributed by atoms with E-state index in [0.29, 0.717) is 11.4 Å². The summed E-state index contributed by atoms with van der Waals surface area (Å²) in [6.45, 7) is 3.37.